The summed E-state index contributed by atoms with van der Waals surface area (Å²) in [4.78, 5) is 13.2. The summed E-state index contributed by atoms with van der Waals surface area (Å²) in [5, 5.41) is 17.6. The van der Waals surface area contributed by atoms with E-state index in [1.807, 2.05) is 55.5 Å². The van der Waals surface area contributed by atoms with Crippen LogP contribution in [-0.2, 0) is 0 Å². The molecular formula is C24H27N3O3. The van der Waals surface area contributed by atoms with Crippen molar-refractivity contribution in [3.63, 3.8) is 0 Å². The van der Waals surface area contributed by atoms with Crippen LogP contribution in [0.5, 0.6) is 5.75 Å². The number of hydrogen-bond acceptors (Lipinski definition) is 4. The maximum atomic E-state index is 13.2. The first kappa shape index (κ1) is 20.2. The van der Waals surface area contributed by atoms with Crippen molar-refractivity contribution in [2.24, 2.45) is 0 Å². The van der Waals surface area contributed by atoms with E-state index in [1.165, 1.54) is 0 Å². The molecule has 2 N–H and O–H groups in total. The number of nitrogens with zero attached hydrogens (tertiary/aromatic N) is 2. The molecule has 1 amide bonds. The topological polar surface area (TPSA) is 76.4 Å². The Morgan fingerprint density at radius 1 is 1.13 bits per heavy atom. The molecule has 156 valence electrons. The van der Waals surface area contributed by atoms with E-state index in [4.69, 9.17) is 9.84 Å². The minimum atomic E-state index is -0.255. The van der Waals surface area contributed by atoms with Crippen molar-refractivity contribution in [1.82, 2.24) is 15.1 Å². The molecule has 1 saturated carbocycles. The predicted octanol–water partition coefficient (Wildman–Crippen LogP) is 3.89. The number of aliphatic hydroxyl groups excluding tert-OH is 1. The molecule has 0 bridgehead atoms. The summed E-state index contributed by atoms with van der Waals surface area (Å²) in [5.41, 5.74) is 4.02. The molecule has 0 aliphatic heterocycles. The van der Waals surface area contributed by atoms with Crippen LogP contribution in [0.25, 0.3) is 16.9 Å². The SMILES string of the molecule is COc1cccc(-c2nn(-c3ccc(C)cc3)cc2C(=O)NC2CCC(O)CC2)c1. The molecule has 3 aromatic rings. The molecule has 1 aliphatic rings. The molecule has 0 atom stereocenters. The normalized spacial score (nSPS) is 18.8. The Hall–Kier alpha value is -3.12. The predicted molar refractivity (Wildman–Crippen MR) is 116 cm³/mol. The molecule has 6 nitrogen and oxygen atoms in total. The number of carbonyl (C=O) groups excluding carboxylic acids is 1. The van der Waals surface area contributed by atoms with Crippen LogP contribution < -0.4 is 10.1 Å². The number of rotatable bonds is 5. The summed E-state index contributed by atoms with van der Waals surface area (Å²) in [5.74, 6) is 0.567. The van der Waals surface area contributed by atoms with Crippen LogP contribution in [0.3, 0.4) is 0 Å². The maximum Gasteiger partial charge on any atom is 0.255 e. The van der Waals surface area contributed by atoms with Crippen molar-refractivity contribution in [3.8, 4) is 22.7 Å². The second kappa shape index (κ2) is 8.71. The fourth-order valence-electron chi connectivity index (χ4n) is 3.84. The average molecular weight is 405 g/mol. The summed E-state index contributed by atoms with van der Waals surface area (Å²) >= 11 is 0. The Balaban J connectivity index is 1.69. The highest BCUT2D eigenvalue weighted by Gasteiger charge is 2.24. The van der Waals surface area contributed by atoms with Crippen LogP contribution in [-0.4, -0.2) is 40.0 Å². The summed E-state index contributed by atoms with van der Waals surface area (Å²) in [7, 11) is 1.62. The largest absolute Gasteiger partial charge is 0.497 e. The number of nitrogens with one attached hydrogen (secondary N) is 1. The van der Waals surface area contributed by atoms with Gasteiger partial charge in [0.2, 0.25) is 0 Å². The van der Waals surface area contributed by atoms with E-state index in [2.05, 4.69) is 5.32 Å². The first-order valence-corrected chi connectivity index (χ1v) is 10.3. The van der Waals surface area contributed by atoms with E-state index in [1.54, 1.807) is 18.0 Å². The maximum absolute atomic E-state index is 13.2. The number of aromatic nitrogens is 2. The summed E-state index contributed by atoms with van der Waals surface area (Å²) < 4.78 is 7.10. The lowest BCUT2D eigenvalue weighted by Gasteiger charge is -2.26. The Morgan fingerprint density at radius 3 is 2.57 bits per heavy atom. The van der Waals surface area contributed by atoms with Gasteiger partial charge < -0.3 is 15.2 Å². The summed E-state index contributed by atoms with van der Waals surface area (Å²) in [6.45, 7) is 2.04. The molecule has 0 radical (unpaired) electrons. The fraction of sp³-hybridized carbons (Fsp3) is 0.333. The quantitative estimate of drug-likeness (QED) is 0.675. The standard InChI is InChI=1S/C24H27N3O3/c1-16-6-10-19(11-7-16)27-15-22(24(29)25-18-8-12-20(28)13-9-18)23(26-27)17-4-3-5-21(14-17)30-2/h3-7,10-11,14-15,18,20,28H,8-9,12-13H2,1-2H3,(H,25,29). The number of methoxy groups -OCH3 is 1. The van der Waals surface area contributed by atoms with Gasteiger partial charge in [-0.3, -0.25) is 4.79 Å². The molecule has 6 heteroatoms. The molecule has 0 saturated heterocycles. The first-order valence-electron chi connectivity index (χ1n) is 10.3. The zero-order chi connectivity index (χ0) is 21.1. The fourth-order valence-corrected chi connectivity index (χ4v) is 3.84. The van der Waals surface area contributed by atoms with Gasteiger partial charge >= 0.3 is 0 Å². The van der Waals surface area contributed by atoms with Crippen molar-refractivity contribution in [2.75, 3.05) is 7.11 Å². The number of ether oxygens (including phenoxy) is 1. The third kappa shape index (κ3) is 4.39. The van der Waals surface area contributed by atoms with E-state index in [0.717, 1.165) is 42.5 Å². The van der Waals surface area contributed by atoms with Gasteiger partial charge in [-0.2, -0.15) is 5.10 Å². The van der Waals surface area contributed by atoms with Crippen LogP contribution >= 0.6 is 0 Å². The van der Waals surface area contributed by atoms with E-state index in [-0.39, 0.29) is 18.1 Å². The van der Waals surface area contributed by atoms with Gasteiger partial charge in [0.05, 0.1) is 24.5 Å². The van der Waals surface area contributed by atoms with Crippen molar-refractivity contribution in [1.29, 1.82) is 0 Å². The smallest absolute Gasteiger partial charge is 0.255 e. The van der Waals surface area contributed by atoms with Gasteiger partial charge in [0.1, 0.15) is 11.4 Å². The van der Waals surface area contributed by atoms with E-state index < -0.39 is 0 Å². The van der Waals surface area contributed by atoms with Crippen LogP contribution in [0.15, 0.2) is 54.7 Å². The Labute approximate surface area is 176 Å². The zero-order valence-corrected chi connectivity index (χ0v) is 17.3. The second-order valence-electron chi connectivity index (χ2n) is 7.88. The van der Waals surface area contributed by atoms with Crippen LogP contribution in [0.4, 0.5) is 0 Å². The zero-order valence-electron chi connectivity index (χ0n) is 17.3. The summed E-state index contributed by atoms with van der Waals surface area (Å²) in [6, 6.07) is 15.7. The molecule has 1 fully saturated rings. The van der Waals surface area contributed by atoms with E-state index >= 15 is 0 Å². The van der Waals surface area contributed by atoms with Crippen molar-refractivity contribution in [3.05, 3.63) is 65.9 Å². The molecule has 4 rings (SSSR count). The molecular weight excluding hydrogens is 378 g/mol. The molecule has 2 aromatic carbocycles. The Kier molecular flexibility index (Phi) is 5.86. The lowest BCUT2D eigenvalue weighted by molar-refractivity contribution is 0.0868. The molecule has 1 heterocycles. The van der Waals surface area contributed by atoms with Gasteiger partial charge in [-0.05, 0) is 56.9 Å². The number of aryl methyl sites for hydroxylation is 1. The van der Waals surface area contributed by atoms with Gasteiger partial charge in [-0.1, -0.05) is 29.8 Å². The van der Waals surface area contributed by atoms with Gasteiger partial charge in [-0.15, -0.1) is 0 Å². The molecule has 1 aliphatic carbocycles. The first-order chi connectivity index (χ1) is 14.5. The number of benzene rings is 2. The van der Waals surface area contributed by atoms with Crippen molar-refractivity contribution < 1.29 is 14.6 Å². The van der Waals surface area contributed by atoms with Gasteiger partial charge in [0, 0.05) is 17.8 Å². The second-order valence-corrected chi connectivity index (χ2v) is 7.88. The molecule has 0 unspecified atom stereocenters. The summed E-state index contributed by atoms with van der Waals surface area (Å²) in [6.07, 6.45) is 4.54. The van der Waals surface area contributed by atoms with Crippen molar-refractivity contribution in [2.45, 2.75) is 44.8 Å². The number of aliphatic hydroxyl groups is 1. The van der Waals surface area contributed by atoms with Gasteiger partial charge in [0.25, 0.3) is 5.91 Å². The molecule has 1 aromatic heterocycles. The highest BCUT2D eigenvalue weighted by molar-refractivity contribution is 6.00. The van der Waals surface area contributed by atoms with Gasteiger partial charge in [0.15, 0.2) is 0 Å². The highest BCUT2D eigenvalue weighted by Crippen LogP contribution is 2.28. The van der Waals surface area contributed by atoms with Crippen LogP contribution in [0.1, 0.15) is 41.6 Å². The van der Waals surface area contributed by atoms with E-state index in [0.29, 0.717) is 17.0 Å². The lowest BCUT2D eigenvalue weighted by atomic mass is 9.93. The lowest BCUT2D eigenvalue weighted by Crippen LogP contribution is -2.38. The molecule has 0 spiro atoms. The minimum absolute atomic E-state index is 0.0711. The molecule has 30 heavy (non-hydrogen) atoms. The third-order valence-electron chi connectivity index (χ3n) is 5.63. The average Bonchev–Trinajstić information content (AvgIpc) is 3.21. The van der Waals surface area contributed by atoms with Gasteiger partial charge in [-0.25, -0.2) is 4.68 Å². The monoisotopic (exact) mass is 405 g/mol. The number of carbonyl (C=O) groups is 1. The van der Waals surface area contributed by atoms with Crippen molar-refractivity contribution >= 4 is 5.91 Å². The van der Waals surface area contributed by atoms with E-state index in [9.17, 15) is 9.90 Å². The van der Waals surface area contributed by atoms with Crippen LogP contribution in [0, 0.1) is 6.92 Å². The minimum Gasteiger partial charge on any atom is -0.497 e. The number of hydrogen-bond donors (Lipinski definition) is 2. The Bertz CT molecular complexity index is 1020. The van der Waals surface area contributed by atoms with Crippen LogP contribution in [0.2, 0.25) is 0 Å². The third-order valence-corrected chi connectivity index (χ3v) is 5.63. The number of amides is 1. The highest BCUT2D eigenvalue weighted by atomic mass is 16.5. The Morgan fingerprint density at radius 2 is 1.87 bits per heavy atom.